The molecule has 0 fully saturated rings. The number of carbonyl (C=O) groups excluding carboxylic acids is 1. The first kappa shape index (κ1) is 23.1. The van der Waals surface area contributed by atoms with Gasteiger partial charge >= 0.3 is 0 Å². The van der Waals surface area contributed by atoms with E-state index in [9.17, 15) is 15.0 Å². The van der Waals surface area contributed by atoms with Gasteiger partial charge in [0, 0.05) is 35.1 Å². The van der Waals surface area contributed by atoms with Gasteiger partial charge in [-0.1, -0.05) is 36.4 Å². The van der Waals surface area contributed by atoms with Gasteiger partial charge in [0.15, 0.2) is 0 Å². The van der Waals surface area contributed by atoms with Crippen molar-refractivity contribution in [3.8, 4) is 22.8 Å². The van der Waals surface area contributed by atoms with Crippen LogP contribution in [0.1, 0.15) is 27.0 Å². The van der Waals surface area contributed by atoms with Crippen LogP contribution in [0.25, 0.3) is 22.2 Å². The number of hydrogen-bond donors (Lipinski definition) is 2. The lowest BCUT2D eigenvalue weighted by atomic mass is 10.0. The topological polar surface area (TPSA) is 86.6 Å². The van der Waals surface area contributed by atoms with Crippen molar-refractivity contribution >= 4 is 22.5 Å². The van der Waals surface area contributed by atoms with E-state index in [1.807, 2.05) is 49.4 Å². The Hall–Kier alpha value is -4.71. The maximum atomic E-state index is 13.5. The molecule has 1 amide bonds. The van der Waals surface area contributed by atoms with Gasteiger partial charge in [-0.3, -0.25) is 9.78 Å². The quantitative estimate of drug-likeness (QED) is 0.317. The molecule has 0 aliphatic heterocycles. The molecule has 0 aliphatic rings. The van der Waals surface area contributed by atoms with Gasteiger partial charge in [0.2, 0.25) is 0 Å². The number of nitrogens with zero attached hydrogens (tertiary/aromatic N) is 3. The molecule has 0 radical (unpaired) electrons. The van der Waals surface area contributed by atoms with Crippen molar-refractivity contribution < 1.29 is 15.0 Å². The standard InChI is InChI=1S/C30H25N3O3/c1-19-5-3-7-23-15-20(2)29(32-28(19)23)22-8-10-24(11-9-22)33(18-21-6-4-14-31-17-21)30(36)26-13-12-25(34)16-27(26)35/h3-17,34-35H,18H2,1-2H3. The van der Waals surface area contributed by atoms with E-state index >= 15 is 0 Å². The van der Waals surface area contributed by atoms with Gasteiger partial charge in [-0.15, -0.1) is 0 Å². The van der Waals surface area contributed by atoms with Crippen LogP contribution in [-0.2, 0) is 6.54 Å². The summed E-state index contributed by atoms with van der Waals surface area (Å²) in [6.45, 7) is 4.36. The van der Waals surface area contributed by atoms with Gasteiger partial charge in [0.05, 0.1) is 23.3 Å². The number of amides is 1. The van der Waals surface area contributed by atoms with Gasteiger partial charge in [-0.25, -0.2) is 4.98 Å². The number of phenolic OH excluding ortho intramolecular Hbond substituents is 2. The predicted octanol–water partition coefficient (Wildman–Crippen LogP) is 6.17. The van der Waals surface area contributed by atoms with Gasteiger partial charge < -0.3 is 15.1 Å². The van der Waals surface area contributed by atoms with Crippen molar-refractivity contribution in [3.63, 3.8) is 0 Å². The van der Waals surface area contributed by atoms with Crippen molar-refractivity contribution in [1.82, 2.24) is 9.97 Å². The van der Waals surface area contributed by atoms with Crippen LogP contribution < -0.4 is 4.90 Å². The molecule has 36 heavy (non-hydrogen) atoms. The average molecular weight is 476 g/mol. The number of para-hydroxylation sites is 1. The smallest absolute Gasteiger partial charge is 0.262 e. The maximum Gasteiger partial charge on any atom is 0.262 e. The molecular formula is C30H25N3O3. The van der Waals surface area contributed by atoms with Gasteiger partial charge in [-0.2, -0.15) is 0 Å². The van der Waals surface area contributed by atoms with E-state index in [-0.39, 0.29) is 29.5 Å². The number of phenols is 2. The first-order valence-corrected chi connectivity index (χ1v) is 11.6. The highest BCUT2D eigenvalue weighted by molar-refractivity contribution is 6.08. The third-order valence-corrected chi connectivity index (χ3v) is 6.21. The number of fused-ring (bicyclic) bond motifs is 1. The van der Waals surface area contributed by atoms with E-state index in [4.69, 9.17) is 4.98 Å². The first-order valence-electron chi connectivity index (χ1n) is 11.6. The number of aromatic nitrogens is 2. The third kappa shape index (κ3) is 4.49. The van der Waals surface area contributed by atoms with Crippen LogP contribution in [0.3, 0.4) is 0 Å². The van der Waals surface area contributed by atoms with E-state index in [1.54, 1.807) is 17.3 Å². The molecule has 0 aliphatic carbocycles. The molecule has 2 aromatic heterocycles. The lowest BCUT2D eigenvalue weighted by Crippen LogP contribution is -2.30. The molecule has 2 heterocycles. The Balaban J connectivity index is 1.54. The van der Waals surface area contributed by atoms with Gasteiger partial charge in [0.25, 0.3) is 5.91 Å². The molecule has 6 heteroatoms. The van der Waals surface area contributed by atoms with Gasteiger partial charge in [0.1, 0.15) is 11.5 Å². The van der Waals surface area contributed by atoms with Crippen molar-refractivity contribution in [2.24, 2.45) is 0 Å². The Morgan fingerprint density at radius 1 is 0.889 bits per heavy atom. The summed E-state index contributed by atoms with van der Waals surface area (Å²) in [5.41, 5.74) is 6.60. The lowest BCUT2D eigenvalue weighted by molar-refractivity contribution is 0.0982. The van der Waals surface area contributed by atoms with Crippen LogP contribution in [0.15, 0.2) is 91.3 Å². The monoisotopic (exact) mass is 475 g/mol. The highest BCUT2D eigenvalue weighted by Crippen LogP contribution is 2.31. The Morgan fingerprint density at radius 3 is 2.42 bits per heavy atom. The Labute approximate surface area is 209 Å². The summed E-state index contributed by atoms with van der Waals surface area (Å²) in [5.74, 6) is -0.778. The summed E-state index contributed by atoms with van der Waals surface area (Å²) < 4.78 is 0. The fraction of sp³-hybridized carbons (Fsp3) is 0.100. The third-order valence-electron chi connectivity index (χ3n) is 6.21. The molecule has 6 nitrogen and oxygen atoms in total. The summed E-state index contributed by atoms with van der Waals surface area (Å²) in [7, 11) is 0. The summed E-state index contributed by atoms with van der Waals surface area (Å²) in [4.78, 5) is 24.2. The average Bonchev–Trinajstić information content (AvgIpc) is 2.88. The number of carbonyl (C=O) groups is 1. The second-order valence-electron chi connectivity index (χ2n) is 8.80. The van der Waals surface area contributed by atoms with Crippen LogP contribution >= 0.6 is 0 Å². The molecule has 5 aromatic rings. The molecule has 0 saturated carbocycles. The largest absolute Gasteiger partial charge is 0.508 e. The van der Waals surface area contributed by atoms with Crippen LogP contribution in [0.2, 0.25) is 0 Å². The SMILES string of the molecule is Cc1cc2cccc(C)c2nc1-c1ccc(N(Cc2cccnc2)C(=O)c2ccc(O)cc2O)cc1. The summed E-state index contributed by atoms with van der Waals surface area (Å²) in [5, 5.41) is 21.1. The summed E-state index contributed by atoms with van der Waals surface area (Å²) >= 11 is 0. The molecule has 0 spiro atoms. The van der Waals surface area contributed by atoms with Crippen molar-refractivity contribution in [1.29, 1.82) is 0 Å². The molecular weight excluding hydrogens is 450 g/mol. The molecule has 0 atom stereocenters. The second-order valence-corrected chi connectivity index (χ2v) is 8.80. The van der Waals surface area contributed by atoms with E-state index in [0.29, 0.717) is 5.69 Å². The predicted molar refractivity (Wildman–Crippen MR) is 141 cm³/mol. The summed E-state index contributed by atoms with van der Waals surface area (Å²) in [6.07, 6.45) is 3.38. The summed E-state index contributed by atoms with van der Waals surface area (Å²) in [6, 6.07) is 23.6. The zero-order valence-corrected chi connectivity index (χ0v) is 20.0. The number of hydrogen-bond acceptors (Lipinski definition) is 5. The van der Waals surface area contributed by atoms with E-state index < -0.39 is 0 Å². The zero-order chi connectivity index (χ0) is 25.2. The Kier molecular flexibility index (Phi) is 6.09. The molecule has 3 aromatic carbocycles. The Bertz CT molecular complexity index is 1560. The van der Waals surface area contributed by atoms with Crippen molar-refractivity contribution in [2.75, 3.05) is 4.90 Å². The van der Waals surface area contributed by atoms with Crippen LogP contribution in [-0.4, -0.2) is 26.1 Å². The highest BCUT2D eigenvalue weighted by Gasteiger charge is 2.22. The number of rotatable bonds is 5. The van der Waals surface area contributed by atoms with Crippen LogP contribution in [0.5, 0.6) is 11.5 Å². The lowest BCUT2D eigenvalue weighted by Gasteiger charge is -2.24. The zero-order valence-electron chi connectivity index (χ0n) is 20.0. The first-order chi connectivity index (χ1) is 17.4. The minimum atomic E-state index is -0.389. The van der Waals surface area contributed by atoms with Gasteiger partial charge in [-0.05, 0) is 66.9 Å². The number of pyridine rings is 2. The minimum absolute atomic E-state index is 0.100. The molecule has 5 rings (SSSR count). The van der Waals surface area contributed by atoms with E-state index in [1.165, 1.54) is 12.1 Å². The molecule has 2 N–H and O–H groups in total. The molecule has 0 unspecified atom stereocenters. The Morgan fingerprint density at radius 2 is 1.69 bits per heavy atom. The fourth-order valence-electron chi connectivity index (χ4n) is 4.34. The van der Waals surface area contributed by atoms with E-state index in [2.05, 4.69) is 30.1 Å². The number of anilines is 1. The van der Waals surface area contributed by atoms with Crippen LogP contribution in [0.4, 0.5) is 5.69 Å². The van der Waals surface area contributed by atoms with Crippen molar-refractivity contribution in [2.45, 2.75) is 20.4 Å². The number of benzene rings is 3. The molecule has 0 saturated heterocycles. The normalized spacial score (nSPS) is 10.9. The highest BCUT2D eigenvalue weighted by atomic mass is 16.3. The maximum absolute atomic E-state index is 13.5. The van der Waals surface area contributed by atoms with E-state index in [0.717, 1.165) is 44.9 Å². The molecule has 0 bridgehead atoms. The number of aryl methyl sites for hydroxylation is 2. The molecule has 178 valence electrons. The minimum Gasteiger partial charge on any atom is -0.508 e. The second kappa shape index (κ2) is 9.50. The van der Waals surface area contributed by atoms with Crippen LogP contribution in [0, 0.1) is 13.8 Å². The van der Waals surface area contributed by atoms with Crippen molar-refractivity contribution in [3.05, 3.63) is 114 Å². The number of aromatic hydroxyl groups is 2. The fourth-order valence-corrected chi connectivity index (χ4v) is 4.34.